The van der Waals surface area contributed by atoms with Gasteiger partial charge in [0.25, 0.3) is 0 Å². The summed E-state index contributed by atoms with van der Waals surface area (Å²) in [4.78, 5) is 31.2. The highest BCUT2D eigenvalue weighted by atomic mass is 16.4. The van der Waals surface area contributed by atoms with E-state index < -0.39 is 5.97 Å². The monoisotopic (exact) mass is 367 g/mol. The molecule has 0 amide bonds. The number of aromatic nitrogens is 6. The summed E-state index contributed by atoms with van der Waals surface area (Å²) < 4.78 is 1.78. The van der Waals surface area contributed by atoms with Crippen LogP contribution in [0.25, 0.3) is 5.65 Å². The molecule has 4 rings (SSSR count). The quantitative estimate of drug-likeness (QED) is 0.724. The molecule has 1 N–H and O–H groups in total. The molecule has 0 spiro atoms. The van der Waals surface area contributed by atoms with Crippen molar-refractivity contribution in [1.29, 1.82) is 0 Å². The fraction of sp³-hybridized carbons (Fsp3) is 0.444. The van der Waals surface area contributed by atoms with Crippen molar-refractivity contribution in [1.82, 2.24) is 29.5 Å². The van der Waals surface area contributed by atoms with E-state index in [0.717, 1.165) is 43.0 Å². The summed E-state index contributed by atoms with van der Waals surface area (Å²) in [5, 5.41) is 13.9. The van der Waals surface area contributed by atoms with Gasteiger partial charge in [-0.15, -0.1) is 0 Å². The zero-order valence-corrected chi connectivity index (χ0v) is 15.4. The minimum Gasteiger partial charge on any atom is -0.477 e. The molecule has 0 saturated carbocycles. The Morgan fingerprint density at radius 3 is 2.56 bits per heavy atom. The zero-order chi connectivity index (χ0) is 19.0. The van der Waals surface area contributed by atoms with Crippen LogP contribution >= 0.6 is 0 Å². The topological polar surface area (TPSA) is 109 Å². The first-order chi connectivity index (χ1) is 13.0. The van der Waals surface area contributed by atoms with Gasteiger partial charge >= 0.3 is 5.97 Å². The molecule has 1 saturated heterocycles. The lowest BCUT2D eigenvalue weighted by Crippen LogP contribution is -2.21. The van der Waals surface area contributed by atoms with Crippen molar-refractivity contribution in [3.63, 3.8) is 0 Å². The van der Waals surface area contributed by atoms with Crippen molar-refractivity contribution in [3.8, 4) is 0 Å². The molecular formula is C18H21N7O2. The van der Waals surface area contributed by atoms with Crippen molar-refractivity contribution in [2.24, 2.45) is 0 Å². The van der Waals surface area contributed by atoms with Gasteiger partial charge in [-0.1, -0.05) is 0 Å². The van der Waals surface area contributed by atoms with Crippen LogP contribution in [-0.2, 0) is 12.8 Å². The summed E-state index contributed by atoms with van der Waals surface area (Å²) in [6.07, 6.45) is 4.97. The second-order valence-electron chi connectivity index (χ2n) is 6.78. The molecule has 9 nitrogen and oxygen atoms in total. The van der Waals surface area contributed by atoms with Gasteiger partial charge in [0, 0.05) is 38.2 Å². The highest BCUT2D eigenvalue weighted by Gasteiger charge is 2.18. The first-order valence-corrected chi connectivity index (χ1v) is 9.05. The average Bonchev–Trinajstić information content (AvgIpc) is 3.33. The molecule has 4 heterocycles. The number of hydrogen-bond donors (Lipinski definition) is 1. The largest absolute Gasteiger partial charge is 0.477 e. The number of hydrogen-bond acceptors (Lipinski definition) is 7. The van der Waals surface area contributed by atoms with Crippen molar-refractivity contribution in [2.45, 2.75) is 39.5 Å². The molecule has 3 aromatic rings. The predicted octanol–water partition coefficient (Wildman–Crippen LogP) is 1.61. The summed E-state index contributed by atoms with van der Waals surface area (Å²) in [5.41, 5.74) is 2.50. The third kappa shape index (κ3) is 3.44. The molecule has 27 heavy (non-hydrogen) atoms. The second-order valence-corrected chi connectivity index (χ2v) is 6.78. The van der Waals surface area contributed by atoms with Gasteiger partial charge in [0.15, 0.2) is 17.2 Å². The molecule has 3 aromatic heterocycles. The third-order valence-electron chi connectivity index (χ3n) is 4.73. The Bertz CT molecular complexity index is 969. The Labute approximate surface area is 156 Å². The van der Waals surface area contributed by atoms with E-state index in [0.29, 0.717) is 30.3 Å². The van der Waals surface area contributed by atoms with Gasteiger partial charge in [0.2, 0.25) is 0 Å². The Balaban J connectivity index is 1.59. The van der Waals surface area contributed by atoms with Gasteiger partial charge in [-0.3, -0.25) is 4.98 Å². The van der Waals surface area contributed by atoms with Crippen molar-refractivity contribution in [3.05, 3.63) is 41.0 Å². The summed E-state index contributed by atoms with van der Waals surface area (Å²) in [6, 6.07) is 1.55. The molecule has 1 aliphatic rings. The molecule has 0 aliphatic carbocycles. The number of anilines is 1. The normalized spacial score (nSPS) is 14.2. The molecule has 0 aromatic carbocycles. The van der Waals surface area contributed by atoms with Crippen LogP contribution in [0.15, 0.2) is 12.3 Å². The van der Waals surface area contributed by atoms with Crippen molar-refractivity contribution >= 4 is 17.4 Å². The zero-order valence-electron chi connectivity index (χ0n) is 15.4. The fourth-order valence-corrected chi connectivity index (χ4v) is 3.28. The Morgan fingerprint density at radius 1 is 1.11 bits per heavy atom. The maximum Gasteiger partial charge on any atom is 0.354 e. The summed E-state index contributed by atoms with van der Waals surface area (Å²) in [6.45, 7) is 5.62. The van der Waals surface area contributed by atoms with E-state index >= 15 is 0 Å². The summed E-state index contributed by atoms with van der Waals surface area (Å²) in [7, 11) is 0. The van der Waals surface area contributed by atoms with Gasteiger partial charge in [0.05, 0.1) is 11.4 Å². The van der Waals surface area contributed by atoms with Crippen LogP contribution in [-0.4, -0.2) is 53.7 Å². The van der Waals surface area contributed by atoms with Crippen LogP contribution in [0.2, 0.25) is 0 Å². The fourth-order valence-electron chi connectivity index (χ4n) is 3.28. The highest BCUT2D eigenvalue weighted by Crippen LogP contribution is 2.19. The predicted molar refractivity (Wildman–Crippen MR) is 98.1 cm³/mol. The minimum atomic E-state index is -1.04. The van der Waals surface area contributed by atoms with Gasteiger partial charge in [-0.25, -0.2) is 24.3 Å². The van der Waals surface area contributed by atoms with E-state index in [1.807, 2.05) is 13.8 Å². The molecule has 1 fully saturated rings. The number of carbonyl (C=O) groups is 1. The lowest BCUT2D eigenvalue weighted by molar-refractivity contribution is 0.0690. The first-order valence-electron chi connectivity index (χ1n) is 9.05. The van der Waals surface area contributed by atoms with E-state index in [4.69, 9.17) is 0 Å². The Kier molecular flexibility index (Phi) is 4.43. The van der Waals surface area contributed by atoms with Gasteiger partial charge in [0.1, 0.15) is 11.6 Å². The number of fused-ring (bicyclic) bond motifs is 1. The van der Waals surface area contributed by atoms with Gasteiger partial charge in [-0.05, 0) is 26.7 Å². The number of carboxylic acids is 1. The van der Waals surface area contributed by atoms with Crippen LogP contribution in [0.3, 0.4) is 0 Å². The lowest BCUT2D eigenvalue weighted by atomic mass is 10.2. The van der Waals surface area contributed by atoms with Crippen molar-refractivity contribution in [2.75, 3.05) is 18.0 Å². The van der Waals surface area contributed by atoms with Crippen LogP contribution in [0.5, 0.6) is 0 Å². The van der Waals surface area contributed by atoms with E-state index in [9.17, 15) is 9.90 Å². The van der Waals surface area contributed by atoms with E-state index in [1.54, 1.807) is 16.8 Å². The lowest BCUT2D eigenvalue weighted by Gasteiger charge is -2.17. The number of carboxylic acid groups (broad SMARTS) is 1. The Hall–Kier alpha value is -3.10. The summed E-state index contributed by atoms with van der Waals surface area (Å²) in [5.74, 6) is 0.819. The molecule has 9 heteroatoms. The van der Waals surface area contributed by atoms with Crippen molar-refractivity contribution < 1.29 is 9.90 Å². The maximum atomic E-state index is 11.4. The van der Waals surface area contributed by atoms with E-state index in [2.05, 4.69) is 29.9 Å². The molecule has 0 radical (unpaired) electrons. The van der Waals surface area contributed by atoms with Crippen LogP contribution in [0.4, 0.5) is 5.82 Å². The van der Waals surface area contributed by atoms with Gasteiger partial charge in [-0.2, -0.15) is 5.10 Å². The summed E-state index contributed by atoms with van der Waals surface area (Å²) >= 11 is 0. The number of nitrogens with zero attached hydrogens (tertiary/aromatic N) is 7. The molecule has 0 atom stereocenters. The van der Waals surface area contributed by atoms with Crippen LogP contribution in [0, 0.1) is 13.8 Å². The number of aromatic carboxylic acids is 1. The van der Waals surface area contributed by atoms with Crippen LogP contribution in [0.1, 0.15) is 46.4 Å². The number of aryl methyl sites for hydroxylation is 4. The van der Waals surface area contributed by atoms with Crippen LogP contribution < -0.4 is 4.90 Å². The maximum absolute atomic E-state index is 11.4. The SMILES string of the molecule is Cc1ncc(C)n2nc(CCc3nc(C(=O)O)cc(N4CCCC4)n3)nc12. The molecule has 0 bridgehead atoms. The molecule has 0 unspecified atom stereocenters. The number of rotatable bonds is 5. The molecule has 1 aliphatic heterocycles. The first kappa shape index (κ1) is 17.3. The average molecular weight is 367 g/mol. The smallest absolute Gasteiger partial charge is 0.354 e. The highest BCUT2D eigenvalue weighted by molar-refractivity contribution is 5.86. The second kappa shape index (κ2) is 6.90. The molecular weight excluding hydrogens is 346 g/mol. The third-order valence-corrected chi connectivity index (χ3v) is 4.73. The Morgan fingerprint density at radius 2 is 1.85 bits per heavy atom. The standard InChI is InChI=1S/C18H21N7O2/c1-11-10-19-12(2)17-22-15(23-25(11)17)6-5-14-20-13(18(26)27)9-16(21-14)24-7-3-4-8-24/h9-10H,3-8H2,1-2H3,(H,26,27). The van der Waals surface area contributed by atoms with E-state index in [1.165, 1.54) is 0 Å². The van der Waals surface area contributed by atoms with Gasteiger partial charge < -0.3 is 10.0 Å². The minimum absolute atomic E-state index is 0.0285. The molecule has 140 valence electrons. The van der Waals surface area contributed by atoms with E-state index in [-0.39, 0.29) is 5.69 Å².